The molecule has 4 N–H and O–H groups in total. The van der Waals surface area contributed by atoms with Crippen LogP contribution in [0.25, 0.3) is 0 Å². The minimum Gasteiger partial charge on any atom is -0.476 e. The number of nitrogens with zero attached hydrogens (tertiary/aromatic N) is 2. The van der Waals surface area contributed by atoms with E-state index in [-0.39, 0.29) is 11.5 Å². The minimum atomic E-state index is -1.16. The maximum absolute atomic E-state index is 11.0. The average Bonchev–Trinajstić information content (AvgIpc) is 2.17. The fourth-order valence-electron chi connectivity index (χ4n) is 0.885. The Hall–Kier alpha value is -2.18. The van der Waals surface area contributed by atoms with Crippen molar-refractivity contribution in [1.29, 1.82) is 0 Å². The number of hydrogen-bond donors (Lipinski definition) is 3. The van der Waals surface area contributed by atoms with Crippen molar-refractivity contribution in [1.82, 2.24) is 9.97 Å². The predicted molar refractivity (Wildman–Crippen MR) is 55.9 cm³/mol. The van der Waals surface area contributed by atoms with Crippen LogP contribution in [0.2, 0.25) is 0 Å². The molecule has 0 aliphatic carbocycles. The second-order valence-corrected chi connectivity index (χ2v) is 3.71. The van der Waals surface area contributed by atoms with Gasteiger partial charge in [0, 0.05) is 0 Å². The van der Waals surface area contributed by atoms with Gasteiger partial charge in [-0.15, -0.1) is 0 Å². The van der Waals surface area contributed by atoms with E-state index < -0.39 is 17.4 Å². The molecule has 0 atom stereocenters. The number of primary amides is 1. The van der Waals surface area contributed by atoms with Gasteiger partial charge in [0.1, 0.15) is 11.4 Å². The summed E-state index contributed by atoms with van der Waals surface area (Å²) >= 11 is 0. The quantitative estimate of drug-likeness (QED) is 0.654. The number of hydrogen-bond acceptors (Lipinski definition) is 5. The largest absolute Gasteiger partial charge is 0.476 e. The van der Waals surface area contributed by atoms with Crippen LogP contribution in [-0.2, 0) is 4.79 Å². The number of carbonyl (C=O) groups excluding carboxylic acids is 1. The number of aromatic nitrogens is 2. The van der Waals surface area contributed by atoms with Gasteiger partial charge in [-0.25, -0.2) is 14.8 Å². The first-order valence-corrected chi connectivity index (χ1v) is 4.46. The molecule has 7 nitrogen and oxygen atoms in total. The highest BCUT2D eigenvalue weighted by Crippen LogP contribution is 2.11. The predicted octanol–water partition coefficient (Wildman–Crippen LogP) is -0.149. The summed E-state index contributed by atoms with van der Waals surface area (Å²) in [6.07, 6.45) is 2.33. The van der Waals surface area contributed by atoms with Gasteiger partial charge in [-0.2, -0.15) is 0 Å². The molecular weight excluding hydrogens is 212 g/mol. The van der Waals surface area contributed by atoms with Gasteiger partial charge >= 0.3 is 5.97 Å². The monoisotopic (exact) mass is 224 g/mol. The van der Waals surface area contributed by atoms with Gasteiger partial charge in [0.25, 0.3) is 0 Å². The molecular formula is C9H12N4O3. The molecule has 0 aliphatic heterocycles. The van der Waals surface area contributed by atoms with Crippen molar-refractivity contribution in [3.05, 3.63) is 18.1 Å². The zero-order valence-corrected chi connectivity index (χ0v) is 8.89. The molecule has 0 spiro atoms. The Morgan fingerprint density at radius 2 is 2.00 bits per heavy atom. The lowest BCUT2D eigenvalue weighted by Gasteiger charge is -2.22. The van der Waals surface area contributed by atoms with Crippen molar-refractivity contribution in [2.24, 2.45) is 5.73 Å². The van der Waals surface area contributed by atoms with E-state index in [1.165, 1.54) is 6.20 Å². The zero-order valence-electron chi connectivity index (χ0n) is 8.89. The highest BCUT2D eigenvalue weighted by Gasteiger charge is 2.24. The Kier molecular flexibility index (Phi) is 3.07. The van der Waals surface area contributed by atoms with Crippen LogP contribution in [0.4, 0.5) is 5.82 Å². The van der Waals surface area contributed by atoms with Crippen molar-refractivity contribution in [2.45, 2.75) is 19.4 Å². The van der Waals surface area contributed by atoms with Gasteiger partial charge < -0.3 is 16.2 Å². The van der Waals surface area contributed by atoms with E-state index >= 15 is 0 Å². The average molecular weight is 224 g/mol. The molecule has 0 bridgehead atoms. The SMILES string of the molecule is CC(C)(Nc1cnc(C(=O)O)cn1)C(N)=O. The standard InChI is InChI=1S/C9H12N4O3/c1-9(2,8(10)16)13-6-4-11-5(3-12-6)7(14)15/h3-4H,1-2H3,(H2,10,16)(H,12,13)(H,14,15). The summed E-state index contributed by atoms with van der Waals surface area (Å²) in [4.78, 5) is 29.0. The highest BCUT2D eigenvalue weighted by molar-refractivity contribution is 5.87. The maximum Gasteiger partial charge on any atom is 0.356 e. The van der Waals surface area contributed by atoms with Crippen LogP contribution in [-0.4, -0.2) is 32.5 Å². The number of amides is 1. The molecule has 16 heavy (non-hydrogen) atoms. The van der Waals surface area contributed by atoms with Crippen molar-refractivity contribution in [3.63, 3.8) is 0 Å². The van der Waals surface area contributed by atoms with E-state index in [2.05, 4.69) is 15.3 Å². The fraction of sp³-hybridized carbons (Fsp3) is 0.333. The Morgan fingerprint density at radius 1 is 1.38 bits per heavy atom. The normalized spacial score (nSPS) is 10.9. The van der Waals surface area contributed by atoms with Crippen LogP contribution in [0.1, 0.15) is 24.3 Å². The third kappa shape index (κ3) is 2.66. The van der Waals surface area contributed by atoms with Crippen molar-refractivity contribution < 1.29 is 14.7 Å². The Bertz CT molecular complexity index is 413. The number of nitrogens with one attached hydrogen (secondary N) is 1. The number of nitrogens with two attached hydrogens (primary N) is 1. The number of carbonyl (C=O) groups is 2. The van der Waals surface area contributed by atoms with Crippen LogP contribution >= 0.6 is 0 Å². The molecule has 0 fully saturated rings. The molecule has 1 aromatic heterocycles. The van der Waals surface area contributed by atoms with E-state index in [1.54, 1.807) is 13.8 Å². The van der Waals surface area contributed by atoms with Gasteiger partial charge in [-0.1, -0.05) is 0 Å². The van der Waals surface area contributed by atoms with Crippen molar-refractivity contribution >= 4 is 17.7 Å². The molecule has 1 amide bonds. The summed E-state index contributed by atoms with van der Waals surface area (Å²) in [6, 6.07) is 0. The molecule has 0 saturated heterocycles. The summed E-state index contributed by atoms with van der Waals surface area (Å²) in [7, 11) is 0. The lowest BCUT2D eigenvalue weighted by molar-refractivity contribution is -0.121. The summed E-state index contributed by atoms with van der Waals surface area (Å²) in [6.45, 7) is 3.17. The molecule has 7 heteroatoms. The molecule has 1 aromatic rings. The smallest absolute Gasteiger partial charge is 0.356 e. The number of rotatable bonds is 4. The number of aromatic carboxylic acids is 1. The topological polar surface area (TPSA) is 118 Å². The first kappa shape index (κ1) is 11.9. The highest BCUT2D eigenvalue weighted by atomic mass is 16.4. The second-order valence-electron chi connectivity index (χ2n) is 3.71. The first-order valence-electron chi connectivity index (χ1n) is 4.46. The Labute approximate surface area is 91.7 Å². The summed E-state index contributed by atoms with van der Waals surface area (Å²) in [5.41, 5.74) is 4.02. The number of anilines is 1. The fourth-order valence-corrected chi connectivity index (χ4v) is 0.885. The van der Waals surface area contributed by atoms with E-state index in [1.807, 2.05) is 0 Å². The van der Waals surface area contributed by atoms with Crippen LogP contribution in [0.15, 0.2) is 12.4 Å². The molecule has 0 unspecified atom stereocenters. The maximum atomic E-state index is 11.0. The van der Waals surface area contributed by atoms with E-state index in [0.717, 1.165) is 6.20 Å². The molecule has 1 heterocycles. The lowest BCUT2D eigenvalue weighted by Crippen LogP contribution is -2.45. The van der Waals surface area contributed by atoms with E-state index in [0.29, 0.717) is 0 Å². The molecule has 1 rings (SSSR count). The Balaban J connectivity index is 2.84. The van der Waals surface area contributed by atoms with Crippen LogP contribution < -0.4 is 11.1 Å². The first-order chi connectivity index (χ1) is 7.33. The lowest BCUT2D eigenvalue weighted by atomic mass is 10.1. The van der Waals surface area contributed by atoms with E-state index in [9.17, 15) is 9.59 Å². The van der Waals surface area contributed by atoms with Crippen LogP contribution in [0, 0.1) is 0 Å². The number of carboxylic acid groups (broad SMARTS) is 1. The van der Waals surface area contributed by atoms with Crippen LogP contribution in [0.5, 0.6) is 0 Å². The van der Waals surface area contributed by atoms with Crippen molar-refractivity contribution in [3.8, 4) is 0 Å². The van der Waals surface area contributed by atoms with Gasteiger partial charge in [-0.05, 0) is 13.8 Å². The molecule has 0 saturated carbocycles. The minimum absolute atomic E-state index is 0.164. The summed E-state index contributed by atoms with van der Waals surface area (Å²) in [5.74, 6) is -1.42. The van der Waals surface area contributed by atoms with Gasteiger partial charge in [0.2, 0.25) is 5.91 Å². The molecule has 86 valence electrons. The zero-order chi connectivity index (χ0) is 12.3. The van der Waals surface area contributed by atoms with Crippen LogP contribution in [0.3, 0.4) is 0 Å². The summed E-state index contributed by atoms with van der Waals surface area (Å²) in [5, 5.41) is 11.3. The Morgan fingerprint density at radius 3 is 2.38 bits per heavy atom. The van der Waals surface area contributed by atoms with E-state index in [4.69, 9.17) is 10.8 Å². The molecule has 0 radical (unpaired) electrons. The van der Waals surface area contributed by atoms with Gasteiger partial charge in [0.15, 0.2) is 5.69 Å². The van der Waals surface area contributed by atoms with Crippen molar-refractivity contribution in [2.75, 3.05) is 5.32 Å². The van der Waals surface area contributed by atoms with Gasteiger partial charge in [0.05, 0.1) is 12.4 Å². The number of carboxylic acids is 1. The third-order valence-electron chi connectivity index (χ3n) is 1.93. The summed E-state index contributed by atoms with van der Waals surface area (Å²) < 4.78 is 0. The molecule has 0 aromatic carbocycles. The van der Waals surface area contributed by atoms with Gasteiger partial charge in [-0.3, -0.25) is 4.79 Å². The second kappa shape index (κ2) is 4.13. The molecule has 0 aliphatic rings. The third-order valence-corrected chi connectivity index (χ3v) is 1.93.